The largest absolute Gasteiger partial charge is 0.324 e. The van der Waals surface area contributed by atoms with Gasteiger partial charge in [-0.25, -0.2) is 13.8 Å². The number of nitrogens with zero attached hydrogens (tertiary/aromatic N) is 3. The average Bonchev–Trinajstić information content (AvgIpc) is 3.04. The topological polar surface area (TPSA) is 74.7 Å². The van der Waals surface area contributed by atoms with Crippen LogP contribution in [0.2, 0.25) is 0 Å². The zero-order valence-electron chi connectivity index (χ0n) is 18.6. The van der Waals surface area contributed by atoms with Gasteiger partial charge < -0.3 is 5.32 Å². The number of aryl methyl sites for hydroxylation is 2. The summed E-state index contributed by atoms with van der Waals surface area (Å²) in [5.74, 6) is -2.46. The number of halogens is 2. The number of thioether (sulfide) groups is 1. The number of anilines is 1. The van der Waals surface area contributed by atoms with Gasteiger partial charge in [0.2, 0.25) is 11.8 Å². The Morgan fingerprint density at radius 3 is 2.56 bits per heavy atom. The molecule has 4 rings (SSSR count). The summed E-state index contributed by atoms with van der Waals surface area (Å²) in [6.45, 7) is 4.15. The highest BCUT2D eigenvalue weighted by Gasteiger charge is 2.39. The molecule has 9 heteroatoms. The summed E-state index contributed by atoms with van der Waals surface area (Å²) in [5.41, 5.74) is 3.33. The third-order valence-corrected chi connectivity index (χ3v) is 6.25. The van der Waals surface area contributed by atoms with Crippen molar-refractivity contribution in [3.8, 4) is 0 Å². The maximum Gasteiger partial charge on any atom is 0.243 e. The minimum atomic E-state index is -0.882. The van der Waals surface area contributed by atoms with E-state index in [-0.39, 0.29) is 24.6 Å². The summed E-state index contributed by atoms with van der Waals surface area (Å²) in [7, 11) is 0. The summed E-state index contributed by atoms with van der Waals surface area (Å²) < 4.78 is 27.0. The van der Waals surface area contributed by atoms with E-state index in [1.165, 1.54) is 16.7 Å². The molecule has 0 saturated carbocycles. The third-order valence-electron chi connectivity index (χ3n) is 5.07. The molecule has 1 atom stereocenters. The quantitative estimate of drug-likeness (QED) is 0.530. The Bertz CT molecular complexity index is 1250. The standard InChI is InChI=1S/C25H22F2N4O2S/c1-15-9-16(2)11-19(10-15)29-25-31(14-18-5-3-4-8-28-18)24(33)22(34-25)13-23(32)30-21-7-6-17(26)12-20(21)27/h3-12,22H,13-14H2,1-2H3,(H,30,32). The fraction of sp³-hybridized carbons (Fsp3) is 0.200. The van der Waals surface area contributed by atoms with Gasteiger partial charge in [0, 0.05) is 18.7 Å². The predicted molar refractivity (Wildman–Crippen MR) is 129 cm³/mol. The molecular weight excluding hydrogens is 458 g/mol. The molecule has 0 radical (unpaired) electrons. The number of benzene rings is 2. The van der Waals surface area contributed by atoms with Gasteiger partial charge in [-0.05, 0) is 61.4 Å². The van der Waals surface area contributed by atoms with Crippen LogP contribution in [0.3, 0.4) is 0 Å². The average molecular weight is 481 g/mol. The van der Waals surface area contributed by atoms with E-state index in [4.69, 9.17) is 4.99 Å². The van der Waals surface area contributed by atoms with Gasteiger partial charge >= 0.3 is 0 Å². The van der Waals surface area contributed by atoms with Gasteiger partial charge in [-0.2, -0.15) is 0 Å². The van der Waals surface area contributed by atoms with E-state index in [0.29, 0.717) is 22.6 Å². The van der Waals surface area contributed by atoms with Crippen LogP contribution in [-0.2, 0) is 16.1 Å². The van der Waals surface area contributed by atoms with E-state index in [1.807, 2.05) is 44.2 Å². The van der Waals surface area contributed by atoms with Crippen LogP contribution < -0.4 is 5.32 Å². The van der Waals surface area contributed by atoms with Gasteiger partial charge in [-0.3, -0.25) is 19.5 Å². The number of pyridine rings is 1. The molecule has 3 aromatic rings. The van der Waals surface area contributed by atoms with Gasteiger partial charge in [0.05, 0.1) is 23.6 Å². The van der Waals surface area contributed by atoms with Crippen LogP contribution in [0.25, 0.3) is 0 Å². The number of amides is 2. The molecule has 2 amide bonds. The van der Waals surface area contributed by atoms with Crippen molar-refractivity contribution >= 4 is 40.1 Å². The van der Waals surface area contributed by atoms with Gasteiger partial charge in [0.15, 0.2) is 5.17 Å². The predicted octanol–water partition coefficient (Wildman–Crippen LogP) is 5.14. The first-order valence-electron chi connectivity index (χ1n) is 10.6. The molecule has 1 aromatic heterocycles. The number of carbonyl (C=O) groups excluding carboxylic acids is 2. The molecule has 0 spiro atoms. The molecule has 174 valence electrons. The molecule has 0 bridgehead atoms. The highest BCUT2D eigenvalue weighted by molar-refractivity contribution is 8.15. The Hall–Kier alpha value is -3.59. The first-order chi connectivity index (χ1) is 16.3. The van der Waals surface area contributed by atoms with E-state index >= 15 is 0 Å². The van der Waals surface area contributed by atoms with E-state index in [9.17, 15) is 18.4 Å². The molecule has 34 heavy (non-hydrogen) atoms. The summed E-state index contributed by atoms with van der Waals surface area (Å²) in [4.78, 5) is 36.3. The monoisotopic (exact) mass is 480 g/mol. The second-order valence-electron chi connectivity index (χ2n) is 7.97. The zero-order chi connectivity index (χ0) is 24.2. The number of nitrogens with one attached hydrogen (secondary N) is 1. The lowest BCUT2D eigenvalue weighted by Gasteiger charge is -2.16. The van der Waals surface area contributed by atoms with E-state index in [2.05, 4.69) is 10.3 Å². The number of amidine groups is 1. The van der Waals surface area contributed by atoms with Crippen molar-refractivity contribution < 1.29 is 18.4 Å². The molecule has 1 saturated heterocycles. The van der Waals surface area contributed by atoms with Crippen LogP contribution in [-0.4, -0.2) is 32.1 Å². The lowest BCUT2D eigenvalue weighted by Crippen LogP contribution is -2.33. The molecule has 6 nitrogen and oxygen atoms in total. The molecule has 1 unspecified atom stereocenters. The summed E-state index contributed by atoms with van der Waals surface area (Å²) in [6.07, 6.45) is 1.46. The van der Waals surface area contributed by atoms with Gasteiger partial charge in [-0.1, -0.05) is 23.9 Å². The van der Waals surface area contributed by atoms with Crippen molar-refractivity contribution in [3.63, 3.8) is 0 Å². The van der Waals surface area contributed by atoms with Gasteiger partial charge in [0.1, 0.15) is 16.9 Å². The van der Waals surface area contributed by atoms with Crippen LogP contribution in [0.1, 0.15) is 23.2 Å². The number of aromatic nitrogens is 1. The third kappa shape index (κ3) is 5.66. The number of rotatable bonds is 6. The summed E-state index contributed by atoms with van der Waals surface area (Å²) in [5, 5.41) is 2.14. The first-order valence-corrected chi connectivity index (χ1v) is 11.5. The Balaban J connectivity index is 1.57. The van der Waals surface area contributed by atoms with Crippen LogP contribution >= 0.6 is 11.8 Å². The molecule has 1 aliphatic rings. The molecule has 1 N–H and O–H groups in total. The Morgan fingerprint density at radius 1 is 1.12 bits per heavy atom. The second kappa shape index (κ2) is 10.1. The minimum absolute atomic E-state index is 0.142. The van der Waals surface area contributed by atoms with Crippen molar-refractivity contribution in [3.05, 3.63) is 89.2 Å². The van der Waals surface area contributed by atoms with E-state index in [1.54, 1.807) is 12.3 Å². The van der Waals surface area contributed by atoms with Gasteiger partial charge in [0.25, 0.3) is 0 Å². The fourth-order valence-corrected chi connectivity index (χ4v) is 4.77. The Kier molecular flexibility index (Phi) is 7.02. The zero-order valence-corrected chi connectivity index (χ0v) is 19.4. The Morgan fingerprint density at radius 2 is 1.88 bits per heavy atom. The van der Waals surface area contributed by atoms with Crippen molar-refractivity contribution in [2.75, 3.05) is 5.32 Å². The summed E-state index contributed by atoms with van der Waals surface area (Å²) >= 11 is 1.18. The van der Waals surface area contributed by atoms with Crippen LogP contribution in [0, 0.1) is 25.5 Å². The normalized spacial score (nSPS) is 16.8. The highest BCUT2D eigenvalue weighted by atomic mass is 32.2. The van der Waals surface area contributed by atoms with Crippen molar-refractivity contribution in [2.45, 2.75) is 32.1 Å². The van der Waals surface area contributed by atoms with Gasteiger partial charge in [-0.15, -0.1) is 0 Å². The van der Waals surface area contributed by atoms with Crippen molar-refractivity contribution in [2.24, 2.45) is 4.99 Å². The molecule has 1 fully saturated rings. The molecule has 2 aromatic carbocycles. The fourth-order valence-electron chi connectivity index (χ4n) is 3.61. The lowest BCUT2D eigenvalue weighted by atomic mass is 10.1. The number of carbonyl (C=O) groups is 2. The van der Waals surface area contributed by atoms with Crippen LogP contribution in [0.15, 0.2) is 65.8 Å². The molecule has 0 aliphatic carbocycles. The lowest BCUT2D eigenvalue weighted by molar-refractivity contribution is -0.128. The van der Waals surface area contributed by atoms with Crippen LogP contribution in [0.4, 0.5) is 20.2 Å². The number of hydrogen-bond donors (Lipinski definition) is 1. The number of aliphatic imine (C=N–C) groups is 1. The van der Waals surface area contributed by atoms with Crippen LogP contribution in [0.5, 0.6) is 0 Å². The maximum absolute atomic E-state index is 13.9. The molecule has 1 aliphatic heterocycles. The van der Waals surface area contributed by atoms with E-state index in [0.717, 1.165) is 23.3 Å². The van der Waals surface area contributed by atoms with Crippen molar-refractivity contribution in [1.82, 2.24) is 9.88 Å². The smallest absolute Gasteiger partial charge is 0.243 e. The molecule has 2 heterocycles. The highest BCUT2D eigenvalue weighted by Crippen LogP contribution is 2.33. The maximum atomic E-state index is 13.9. The first kappa shape index (κ1) is 23.6. The summed E-state index contributed by atoms with van der Waals surface area (Å²) in [6, 6.07) is 14.2. The Labute approximate surface area is 200 Å². The number of hydrogen-bond acceptors (Lipinski definition) is 5. The van der Waals surface area contributed by atoms with E-state index < -0.39 is 22.8 Å². The SMILES string of the molecule is Cc1cc(C)cc(N=C2SC(CC(=O)Nc3ccc(F)cc3F)C(=O)N2Cc2ccccn2)c1. The molecular formula is C25H22F2N4O2S. The van der Waals surface area contributed by atoms with Crippen molar-refractivity contribution in [1.29, 1.82) is 0 Å². The second-order valence-corrected chi connectivity index (χ2v) is 9.14. The minimum Gasteiger partial charge on any atom is -0.324 e.